The lowest BCUT2D eigenvalue weighted by Gasteiger charge is -2.26. The van der Waals surface area contributed by atoms with Gasteiger partial charge in [0.2, 0.25) is 23.6 Å². The molecule has 4 N–H and O–H groups in total. The van der Waals surface area contributed by atoms with Gasteiger partial charge in [0.25, 0.3) is 11.8 Å². The minimum Gasteiger partial charge on any atom is -0.481 e. The molecule has 2 bridgehead atoms. The van der Waals surface area contributed by atoms with Crippen molar-refractivity contribution in [3.05, 3.63) is 76.3 Å². The molecule has 0 spiro atoms. The summed E-state index contributed by atoms with van der Waals surface area (Å²) in [6.07, 6.45) is 0.527. The first-order valence-corrected chi connectivity index (χ1v) is 17.6. The van der Waals surface area contributed by atoms with E-state index in [0.29, 0.717) is 48.0 Å². The van der Waals surface area contributed by atoms with Crippen LogP contribution in [0.5, 0.6) is 5.88 Å². The summed E-state index contributed by atoms with van der Waals surface area (Å²) < 4.78 is 11.2. The quantitative estimate of drug-likeness (QED) is 0.268. The minimum atomic E-state index is -1.01. The van der Waals surface area contributed by atoms with E-state index in [1.165, 1.54) is 20.1 Å². The number of carbonyl (C=O) groups is 5. The second-order valence-electron chi connectivity index (χ2n) is 14.0. The first-order valence-electron chi connectivity index (χ1n) is 17.6. The van der Waals surface area contributed by atoms with Gasteiger partial charge in [0.15, 0.2) is 11.5 Å². The second-order valence-corrected chi connectivity index (χ2v) is 14.0. The van der Waals surface area contributed by atoms with Crippen molar-refractivity contribution in [2.75, 3.05) is 20.2 Å². The zero-order valence-electron chi connectivity index (χ0n) is 30.5. The molecule has 2 aliphatic heterocycles. The SMILES string of the molecule is COc1nc2c(cc1CN1CCNC(=O)[C@@H](Cc3ccccc3)NC(=O)[C@@H](CC(C)C)NC(=O)[C@@H](C)NC(=O)c3cc(on3)C1)C(=O)N(C(C)C)C2. The van der Waals surface area contributed by atoms with Crippen LogP contribution in [-0.4, -0.2) is 93.8 Å². The zero-order valence-corrected chi connectivity index (χ0v) is 30.5. The summed E-state index contributed by atoms with van der Waals surface area (Å²) in [5, 5.41) is 15.2. The highest BCUT2D eigenvalue weighted by molar-refractivity contribution is 5.99. The Bertz CT molecular complexity index is 1780. The van der Waals surface area contributed by atoms with Crippen molar-refractivity contribution in [3.63, 3.8) is 0 Å². The zero-order chi connectivity index (χ0) is 37.5. The Morgan fingerprint density at radius 1 is 0.923 bits per heavy atom. The molecule has 5 amide bonds. The third-order valence-corrected chi connectivity index (χ3v) is 9.06. The standard InChI is InChI=1S/C37H48N8O7/c1-21(2)14-28-34(48)41-29(15-24-10-8-7-9-11-24)33(47)38-12-13-44(19-26-17-30(43-52-26)35(49)39-23(5)32(46)40-28)18-25-16-27-31(42-36(25)51-6)20-45(22(3)4)37(27)50/h7-11,16-17,21-23,28-29H,12-15,18-20H2,1-6H3,(H,38,47)(H,39,49)(H,40,46)(H,41,48)/t23-,28-,29-/m1/s1. The average molecular weight is 717 g/mol. The van der Waals surface area contributed by atoms with Gasteiger partial charge in [-0.2, -0.15) is 0 Å². The molecule has 0 saturated carbocycles. The number of aromatic nitrogens is 2. The maximum atomic E-state index is 13.8. The summed E-state index contributed by atoms with van der Waals surface area (Å²) in [5.74, 6) is -1.45. The molecule has 0 saturated heterocycles. The number of nitrogens with one attached hydrogen (secondary N) is 4. The largest absolute Gasteiger partial charge is 0.481 e. The highest BCUT2D eigenvalue weighted by Gasteiger charge is 2.33. The van der Waals surface area contributed by atoms with Gasteiger partial charge in [-0.1, -0.05) is 49.3 Å². The third kappa shape index (κ3) is 9.32. The molecular weight excluding hydrogens is 668 g/mol. The number of nitrogens with zero attached hydrogens (tertiary/aromatic N) is 4. The van der Waals surface area contributed by atoms with E-state index in [1.807, 2.05) is 62.9 Å². The Balaban J connectivity index is 1.45. The van der Waals surface area contributed by atoms with Gasteiger partial charge in [0.1, 0.15) is 18.1 Å². The van der Waals surface area contributed by atoms with Crippen molar-refractivity contribution < 1.29 is 33.2 Å². The second kappa shape index (κ2) is 16.8. The molecule has 0 radical (unpaired) electrons. The number of rotatable bonds is 8. The molecule has 0 aliphatic carbocycles. The Morgan fingerprint density at radius 2 is 1.65 bits per heavy atom. The molecule has 52 heavy (non-hydrogen) atoms. The van der Waals surface area contributed by atoms with Crippen LogP contribution in [0.15, 0.2) is 47.0 Å². The molecule has 0 fully saturated rings. The summed E-state index contributed by atoms with van der Waals surface area (Å²) in [7, 11) is 1.52. The van der Waals surface area contributed by atoms with E-state index in [2.05, 4.69) is 31.4 Å². The molecule has 3 aromatic rings. The number of hydrogen-bond donors (Lipinski definition) is 4. The number of ether oxygens (including phenoxy) is 1. The van der Waals surface area contributed by atoms with Crippen LogP contribution < -0.4 is 26.0 Å². The molecule has 5 rings (SSSR count). The van der Waals surface area contributed by atoms with Crippen LogP contribution in [-0.2, 0) is 40.4 Å². The van der Waals surface area contributed by atoms with Gasteiger partial charge >= 0.3 is 0 Å². The summed E-state index contributed by atoms with van der Waals surface area (Å²) in [6, 6.07) is 9.70. The number of carbonyl (C=O) groups excluding carboxylic acids is 5. The normalized spacial score (nSPS) is 20.9. The lowest BCUT2D eigenvalue weighted by atomic mass is 10.0. The highest BCUT2D eigenvalue weighted by Crippen LogP contribution is 2.29. The van der Waals surface area contributed by atoms with Gasteiger partial charge < -0.3 is 35.4 Å². The van der Waals surface area contributed by atoms with Crippen LogP contribution in [0.2, 0.25) is 0 Å². The van der Waals surface area contributed by atoms with Crippen molar-refractivity contribution in [1.29, 1.82) is 0 Å². The number of methoxy groups -OCH3 is 1. The van der Waals surface area contributed by atoms with E-state index in [-0.39, 0.29) is 49.6 Å². The monoisotopic (exact) mass is 716 g/mol. The fraction of sp³-hybridized carbons (Fsp3) is 0.486. The summed E-state index contributed by atoms with van der Waals surface area (Å²) in [6.45, 7) is 10.5. The van der Waals surface area contributed by atoms with E-state index >= 15 is 0 Å². The Labute approximate surface area is 303 Å². The average Bonchev–Trinajstić information content (AvgIpc) is 3.71. The Hall–Kier alpha value is -5.31. The van der Waals surface area contributed by atoms with Gasteiger partial charge in [-0.05, 0) is 44.7 Å². The molecule has 3 atom stereocenters. The van der Waals surface area contributed by atoms with Crippen molar-refractivity contribution in [2.45, 2.75) is 91.3 Å². The van der Waals surface area contributed by atoms with Crippen molar-refractivity contribution in [1.82, 2.24) is 41.2 Å². The van der Waals surface area contributed by atoms with Crippen molar-refractivity contribution in [2.24, 2.45) is 5.92 Å². The number of fused-ring (bicyclic) bond motifs is 3. The summed E-state index contributed by atoms with van der Waals surface area (Å²) >= 11 is 0. The highest BCUT2D eigenvalue weighted by atomic mass is 16.5. The lowest BCUT2D eigenvalue weighted by molar-refractivity contribution is -0.132. The van der Waals surface area contributed by atoms with Crippen molar-refractivity contribution >= 4 is 29.5 Å². The summed E-state index contributed by atoms with van der Waals surface area (Å²) in [5.41, 5.74) is 2.61. The van der Waals surface area contributed by atoms with Gasteiger partial charge in [-0.3, -0.25) is 28.9 Å². The van der Waals surface area contributed by atoms with E-state index in [0.717, 1.165) is 5.56 Å². The van der Waals surface area contributed by atoms with E-state index < -0.39 is 41.8 Å². The first kappa shape index (κ1) is 37.9. The topological polar surface area (TPSA) is 188 Å². The third-order valence-electron chi connectivity index (χ3n) is 9.06. The van der Waals surface area contributed by atoms with E-state index in [4.69, 9.17) is 9.26 Å². The van der Waals surface area contributed by atoms with Crippen LogP contribution in [0, 0.1) is 5.92 Å². The maximum Gasteiger partial charge on any atom is 0.274 e. The van der Waals surface area contributed by atoms with Crippen molar-refractivity contribution in [3.8, 4) is 5.88 Å². The predicted octanol–water partition coefficient (Wildman–Crippen LogP) is 1.95. The Morgan fingerprint density at radius 3 is 2.35 bits per heavy atom. The minimum absolute atomic E-state index is 0.00271. The smallest absolute Gasteiger partial charge is 0.274 e. The van der Waals surface area contributed by atoms with Gasteiger partial charge in [0.05, 0.1) is 31.5 Å². The molecule has 15 nitrogen and oxygen atoms in total. The predicted molar refractivity (Wildman–Crippen MR) is 190 cm³/mol. The summed E-state index contributed by atoms with van der Waals surface area (Å²) in [4.78, 5) is 75.4. The molecule has 1 aromatic carbocycles. The van der Waals surface area contributed by atoms with E-state index in [1.54, 1.807) is 11.0 Å². The molecule has 2 aromatic heterocycles. The number of benzene rings is 1. The fourth-order valence-electron chi connectivity index (χ4n) is 6.27. The Kier molecular flexibility index (Phi) is 12.3. The number of hydrogen-bond acceptors (Lipinski definition) is 10. The van der Waals surface area contributed by atoms with Gasteiger partial charge in [-0.15, -0.1) is 0 Å². The molecule has 2 aliphatic rings. The molecule has 0 unspecified atom stereocenters. The molecular formula is C37H48N8O7. The lowest BCUT2D eigenvalue weighted by Crippen LogP contribution is -2.57. The fourth-order valence-corrected chi connectivity index (χ4v) is 6.27. The van der Waals surface area contributed by atoms with Crippen LogP contribution in [0.4, 0.5) is 0 Å². The number of pyridine rings is 1. The van der Waals surface area contributed by atoms with Crippen LogP contribution in [0.1, 0.15) is 84.5 Å². The maximum absolute atomic E-state index is 13.8. The molecule has 278 valence electrons. The van der Waals surface area contributed by atoms with Gasteiger partial charge in [-0.25, -0.2) is 4.98 Å². The van der Waals surface area contributed by atoms with Crippen LogP contribution >= 0.6 is 0 Å². The first-order chi connectivity index (χ1) is 24.8. The number of amides is 5. The molecule has 15 heteroatoms. The van der Waals surface area contributed by atoms with E-state index in [9.17, 15) is 24.0 Å². The van der Waals surface area contributed by atoms with Gasteiger partial charge in [0, 0.05) is 43.7 Å². The van der Waals surface area contributed by atoms with Crippen LogP contribution in [0.25, 0.3) is 0 Å². The molecule has 4 heterocycles. The van der Waals surface area contributed by atoms with Crippen LogP contribution in [0.3, 0.4) is 0 Å².